The van der Waals surface area contributed by atoms with Crippen LogP contribution in [0.15, 0.2) is 24.3 Å². The standard InChI is InChI=1S/C16H24O9S.Na.H/c1-11(2)13(17)24-9-16(5,10-25-14(18)12(3)4)15(19)23-7-6-8-26(20,21)22;;/h1,3,6-10H2,2,4-5H3,(H,20,21,22);;. The second kappa shape index (κ2) is 12.3. The van der Waals surface area contributed by atoms with Gasteiger partial charge in [0.25, 0.3) is 10.1 Å². The third-order valence-corrected chi connectivity index (χ3v) is 3.82. The van der Waals surface area contributed by atoms with Crippen molar-refractivity contribution >= 4 is 57.6 Å². The van der Waals surface area contributed by atoms with E-state index in [4.69, 9.17) is 18.8 Å². The Morgan fingerprint density at radius 3 is 1.70 bits per heavy atom. The van der Waals surface area contributed by atoms with Crippen LogP contribution in [0.4, 0.5) is 0 Å². The number of ether oxygens (including phenoxy) is 3. The number of carbonyl (C=O) groups is 3. The molecule has 0 heterocycles. The molecule has 9 nitrogen and oxygen atoms in total. The molecule has 0 aromatic carbocycles. The molecule has 0 unspecified atom stereocenters. The third kappa shape index (κ3) is 12.0. The van der Waals surface area contributed by atoms with E-state index in [0.29, 0.717) is 0 Å². The molecule has 0 aliphatic rings. The van der Waals surface area contributed by atoms with E-state index in [-0.39, 0.29) is 53.7 Å². The summed E-state index contributed by atoms with van der Waals surface area (Å²) in [6, 6.07) is 0. The first-order valence-corrected chi connectivity index (χ1v) is 9.17. The normalized spacial score (nSPS) is 11.0. The van der Waals surface area contributed by atoms with Crippen molar-refractivity contribution in [2.45, 2.75) is 27.2 Å². The number of hydrogen-bond acceptors (Lipinski definition) is 8. The Morgan fingerprint density at radius 1 is 0.963 bits per heavy atom. The van der Waals surface area contributed by atoms with Gasteiger partial charge in [-0.25, -0.2) is 9.59 Å². The topological polar surface area (TPSA) is 133 Å². The van der Waals surface area contributed by atoms with Gasteiger partial charge in [0, 0.05) is 11.1 Å². The summed E-state index contributed by atoms with van der Waals surface area (Å²) in [6.07, 6.45) is -0.127. The SMILES string of the molecule is C=C(C)C(=O)OCC(C)(COC(=O)C(=C)C)C(=O)OCCCS(=O)(=O)O.[NaH]. The Bertz CT molecular complexity index is 652. The first kappa shape index (κ1) is 28.0. The fourth-order valence-electron chi connectivity index (χ4n) is 1.44. The first-order chi connectivity index (χ1) is 11.8. The number of esters is 3. The van der Waals surface area contributed by atoms with Crippen molar-refractivity contribution in [2.24, 2.45) is 5.41 Å². The Kier molecular flexibility index (Phi) is 12.8. The van der Waals surface area contributed by atoms with Crippen LogP contribution < -0.4 is 0 Å². The molecule has 0 aliphatic heterocycles. The van der Waals surface area contributed by atoms with Crippen molar-refractivity contribution in [1.82, 2.24) is 0 Å². The van der Waals surface area contributed by atoms with Crippen LogP contribution in [-0.4, -0.2) is 86.0 Å². The van der Waals surface area contributed by atoms with Crippen LogP contribution in [0.5, 0.6) is 0 Å². The van der Waals surface area contributed by atoms with E-state index in [1.54, 1.807) is 0 Å². The van der Waals surface area contributed by atoms with Gasteiger partial charge >= 0.3 is 47.5 Å². The van der Waals surface area contributed by atoms with Crippen LogP contribution in [-0.2, 0) is 38.7 Å². The van der Waals surface area contributed by atoms with Gasteiger partial charge < -0.3 is 14.2 Å². The minimum absolute atomic E-state index is 0. The predicted octanol–water partition coefficient (Wildman–Crippen LogP) is 0.404. The summed E-state index contributed by atoms with van der Waals surface area (Å²) < 4.78 is 44.8. The zero-order valence-electron chi connectivity index (χ0n) is 15.1. The molecule has 27 heavy (non-hydrogen) atoms. The molecule has 150 valence electrons. The molecule has 0 bridgehead atoms. The van der Waals surface area contributed by atoms with Crippen LogP contribution in [0.2, 0.25) is 0 Å². The molecule has 0 amide bonds. The zero-order chi connectivity index (χ0) is 20.5. The van der Waals surface area contributed by atoms with E-state index in [2.05, 4.69) is 13.2 Å². The van der Waals surface area contributed by atoms with Crippen LogP contribution in [0.3, 0.4) is 0 Å². The van der Waals surface area contributed by atoms with Gasteiger partial charge in [-0.2, -0.15) is 8.42 Å². The Hall–Kier alpha value is -1.20. The molecular weight excluding hydrogens is 391 g/mol. The summed E-state index contributed by atoms with van der Waals surface area (Å²) in [6.45, 7) is 9.85. The summed E-state index contributed by atoms with van der Waals surface area (Å²) in [7, 11) is -4.17. The van der Waals surface area contributed by atoms with Gasteiger partial charge in [0.1, 0.15) is 18.6 Å². The zero-order valence-corrected chi connectivity index (χ0v) is 15.9. The van der Waals surface area contributed by atoms with E-state index in [1.165, 1.54) is 20.8 Å². The Morgan fingerprint density at radius 2 is 1.37 bits per heavy atom. The van der Waals surface area contributed by atoms with E-state index in [0.717, 1.165) is 0 Å². The molecule has 0 aliphatic carbocycles. The summed E-state index contributed by atoms with van der Waals surface area (Å²) >= 11 is 0. The molecule has 0 rings (SSSR count). The summed E-state index contributed by atoms with van der Waals surface area (Å²) in [4.78, 5) is 35.4. The summed E-state index contributed by atoms with van der Waals surface area (Å²) in [5, 5.41) is 0. The van der Waals surface area contributed by atoms with Gasteiger partial charge in [-0.1, -0.05) is 13.2 Å². The molecule has 0 saturated heterocycles. The van der Waals surface area contributed by atoms with E-state index >= 15 is 0 Å². The molecule has 0 aromatic heterocycles. The average Bonchev–Trinajstić information content (AvgIpc) is 2.52. The molecule has 1 N–H and O–H groups in total. The molecule has 11 heteroatoms. The van der Waals surface area contributed by atoms with Crippen molar-refractivity contribution in [3.63, 3.8) is 0 Å². The van der Waals surface area contributed by atoms with Crippen LogP contribution in [0, 0.1) is 5.41 Å². The maximum atomic E-state index is 12.3. The van der Waals surface area contributed by atoms with Gasteiger partial charge in [-0.3, -0.25) is 9.35 Å². The number of rotatable bonds is 11. The van der Waals surface area contributed by atoms with Gasteiger partial charge in [0.2, 0.25) is 0 Å². The van der Waals surface area contributed by atoms with Gasteiger partial charge in [-0.05, 0) is 27.2 Å². The van der Waals surface area contributed by atoms with Crippen LogP contribution >= 0.6 is 0 Å². The van der Waals surface area contributed by atoms with Gasteiger partial charge in [0.15, 0.2) is 0 Å². The van der Waals surface area contributed by atoms with Crippen molar-refractivity contribution in [3.05, 3.63) is 24.3 Å². The fraction of sp³-hybridized carbons (Fsp3) is 0.562. The minimum atomic E-state index is -4.17. The van der Waals surface area contributed by atoms with Crippen molar-refractivity contribution < 1.29 is 41.6 Å². The molecule has 0 atom stereocenters. The number of carbonyl (C=O) groups excluding carboxylic acids is 3. The first-order valence-electron chi connectivity index (χ1n) is 7.56. The number of hydrogen-bond donors (Lipinski definition) is 1. The van der Waals surface area contributed by atoms with Gasteiger partial charge in [0.05, 0.1) is 12.4 Å². The second-order valence-electron chi connectivity index (χ2n) is 6.05. The fourth-order valence-corrected chi connectivity index (χ4v) is 1.92. The van der Waals surface area contributed by atoms with Crippen LogP contribution in [0.25, 0.3) is 0 Å². The molecular formula is C16H25NaO9S. The average molecular weight is 416 g/mol. The van der Waals surface area contributed by atoms with Crippen LogP contribution in [0.1, 0.15) is 27.2 Å². The van der Waals surface area contributed by atoms with Gasteiger partial charge in [-0.15, -0.1) is 0 Å². The van der Waals surface area contributed by atoms with Crippen molar-refractivity contribution in [1.29, 1.82) is 0 Å². The molecule has 0 spiro atoms. The molecule has 0 aromatic rings. The molecule has 0 fully saturated rings. The monoisotopic (exact) mass is 416 g/mol. The second-order valence-corrected chi connectivity index (χ2v) is 7.62. The quantitative estimate of drug-likeness (QED) is 0.127. The van der Waals surface area contributed by atoms with Crippen molar-refractivity contribution in [3.8, 4) is 0 Å². The molecule has 0 saturated carbocycles. The van der Waals surface area contributed by atoms with E-state index in [1.807, 2.05) is 0 Å². The third-order valence-electron chi connectivity index (χ3n) is 3.01. The summed E-state index contributed by atoms with van der Waals surface area (Å²) in [5.74, 6) is -2.91. The Balaban J connectivity index is 0. The maximum absolute atomic E-state index is 12.3. The summed E-state index contributed by atoms with van der Waals surface area (Å²) in [5.41, 5.74) is -1.28. The van der Waals surface area contributed by atoms with E-state index < -0.39 is 52.4 Å². The van der Waals surface area contributed by atoms with Crippen molar-refractivity contribution in [2.75, 3.05) is 25.6 Å². The Labute approximate surface area is 181 Å². The molecule has 0 radical (unpaired) electrons. The van der Waals surface area contributed by atoms with E-state index in [9.17, 15) is 22.8 Å². The predicted molar refractivity (Wildman–Crippen MR) is 98.8 cm³/mol.